The van der Waals surface area contributed by atoms with Crippen molar-refractivity contribution < 1.29 is 14.0 Å². The third kappa shape index (κ3) is 9.99. The van der Waals surface area contributed by atoms with Crippen molar-refractivity contribution in [2.45, 2.75) is 71.8 Å². The molecular formula is C27H47NO2S. The van der Waals surface area contributed by atoms with E-state index in [1.165, 1.54) is 37.0 Å². The molecule has 0 aromatic heterocycles. The zero-order valence-corrected chi connectivity index (χ0v) is 22.0. The number of Topliss-reactive ketones (excluding diaryl/α,β-unsaturated/α-hetero) is 1. The second-order valence-corrected chi connectivity index (χ2v) is 11.9. The first-order valence-corrected chi connectivity index (χ1v) is 12.8. The van der Waals surface area contributed by atoms with Crippen molar-refractivity contribution >= 4 is 17.5 Å². The number of quaternary nitrogens is 1. The molecule has 3 nitrogen and oxygen atoms in total. The summed E-state index contributed by atoms with van der Waals surface area (Å²) in [4.78, 5) is 13.4. The lowest BCUT2D eigenvalue weighted by Gasteiger charge is -2.39. The predicted octanol–water partition coefficient (Wildman–Crippen LogP) is 6.45. The van der Waals surface area contributed by atoms with Gasteiger partial charge in [0.1, 0.15) is 5.75 Å². The molecule has 1 aromatic rings. The summed E-state index contributed by atoms with van der Waals surface area (Å²) in [6.45, 7) is 7.93. The van der Waals surface area contributed by atoms with Gasteiger partial charge in [0.15, 0.2) is 11.8 Å². The van der Waals surface area contributed by atoms with Crippen LogP contribution in [-0.4, -0.2) is 55.6 Å². The molecule has 1 atom stereocenters. The van der Waals surface area contributed by atoms with E-state index >= 15 is 0 Å². The Kier molecular flexibility index (Phi) is 11.7. The highest BCUT2D eigenvalue weighted by molar-refractivity contribution is 7.99. The van der Waals surface area contributed by atoms with Crippen molar-refractivity contribution in [3.8, 4) is 5.75 Å². The first-order chi connectivity index (χ1) is 14.1. The van der Waals surface area contributed by atoms with Gasteiger partial charge in [-0.2, -0.15) is 11.8 Å². The van der Waals surface area contributed by atoms with E-state index in [0.29, 0.717) is 17.6 Å². The number of ketones is 1. The van der Waals surface area contributed by atoms with Crippen LogP contribution < -0.4 is 4.74 Å². The van der Waals surface area contributed by atoms with Crippen molar-refractivity contribution in [1.82, 2.24) is 0 Å². The van der Waals surface area contributed by atoms with E-state index in [1.54, 1.807) is 7.11 Å². The van der Waals surface area contributed by atoms with E-state index in [9.17, 15) is 4.79 Å². The average Bonchev–Trinajstić information content (AvgIpc) is 3.21. The van der Waals surface area contributed by atoms with Gasteiger partial charge in [0.25, 0.3) is 0 Å². The van der Waals surface area contributed by atoms with Crippen molar-refractivity contribution in [2.24, 2.45) is 11.3 Å². The maximum Gasteiger partial charge on any atom is 0.191 e. The monoisotopic (exact) mass is 449 g/mol. The van der Waals surface area contributed by atoms with Crippen molar-refractivity contribution in [3.63, 3.8) is 0 Å². The summed E-state index contributed by atoms with van der Waals surface area (Å²) in [5.41, 5.74) is 1.50. The maximum absolute atomic E-state index is 13.4. The Morgan fingerprint density at radius 2 is 1.77 bits per heavy atom. The number of carbonyl (C=O) groups is 1. The Bertz CT molecular complexity index is 642. The molecule has 0 spiro atoms. The molecule has 1 fully saturated rings. The molecule has 0 aliphatic heterocycles. The Morgan fingerprint density at radius 3 is 2.32 bits per heavy atom. The van der Waals surface area contributed by atoms with Crippen LogP contribution in [0.15, 0.2) is 24.3 Å². The molecule has 178 valence electrons. The molecule has 31 heavy (non-hydrogen) atoms. The Hall–Kier alpha value is -1.00. The quantitative estimate of drug-likeness (QED) is 0.271. The molecule has 0 radical (unpaired) electrons. The molecule has 1 saturated carbocycles. The highest BCUT2D eigenvalue weighted by atomic mass is 32.2. The van der Waals surface area contributed by atoms with Crippen LogP contribution >= 0.6 is 11.8 Å². The molecule has 0 bridgehead atoms. The van der Waals surface area contributed by atoms with E-state index in [1.807, 2.05) is 23.9 Å². The third-order valence-corrected chi connectivity index (χ3v) is 7.84. The van der Waals surface area contributed by atoms with Crippen LogP contribution in [0, 0.1) is 18.8 Å². The number of methoxy groups -OCH3 is 1. The van der Waals surface area contributed by atoms with E-state index in [-0.39, 0.29) is 13.5 Å². The standard InChI is InChI=1S/C26H44NO2S.CH3/c1-26(2,3)17-18-27(4,5)24(20-30-19-22-9-7-8-10-22)25(28)16-13-21-11-14-23(29-6)15-12-21;/h11-12,14-15,22,24H,7-10,13,16-20H2,1-6H3;1H3/q+1;-1/t24-;/m0./s1. The molecule has 0 unspecified atom stereocenters. The van der Waals surface area contributed by atoms with Gasteiger partial charge in [0.05, 0.1) is 33.5 Å². The highest BCUT2D eigenvalue weighted by Crippen LogP contribution is 2.30. The number of aryl methyl sites for hydroxylation is 1. The van der Waals surface area contributed by atoms with E-state index in [4.69, 9.17) is 4.74 Å². The number of likely N-dealkylation sites (N-methyl/N-ethyl adjacent to an activating group) is 1. The van der Waals surface area contributed by atoms with Crippen LogP contribution in [0.2, 0.25) is 0 Å². The molecule has 1 aliphatic rings. The summed E-state index contributed by atoms with van der Waals surface area (Å²) >= 11 is 2.02. The molecule has 0 N–H and O–H groups in total. The van der Waals surface area contributed by atoms with Gasteiger partial charge in [0, 0.05) is 12.8 Å². The van der Waals surface area contributed by atoms with Crippen molar-refractivity contribution in [1.29, 1.82) is 0 Å². The highest BCUT2D eigenvalue weighted by Gasteiger charge is 2.35. The molecule has 1 aromatic carbocycles. The van der Waals surface area contributed by atoms with Crippen molar-refractivity contribution in [3.05, 3.63) is 37.3 Å². The van der Waals surface area contributed by atoms with Gasteiger partial charge in [-0.25, -0.2) is 0 Å². The molecule has 0 saturated heterocycles. The molecule has 0 heterocycles. The van der Waals surface area contributed by atoms with Crippen LogP contribution in [0.25, 0.3) is 0 Å². The molecule has 0 amide bonds. The van der Waals surface area contributed by atoms with Gasteiger partial charge in [-0.05, 0) is 54.0 Å². The number of rotatable bonds is 12. The van der Waals surface area contributed by atoms with Crippen LogP contribution in [0.3, 0.4) is 0 Å². The van der Waals surface area contributed by atoms with Gasteiger partial charge < -0.3 is 16.6 Å². The van der Waals surface area contributed by atoms with Gasteiger partial charge in [-0.1, -0.05) is 45.7 Å². The lowest BCUT2D eigenvalue weighted by atomic mass is 9.91. The second kappa shape index (κ2) is 12.9. The largest absolute Gasteiger partial charge is 0.497 e. The summed E-state index contributed by atoms with van der Waals surface area (Å²) in [6.07, 6.45) is 8.11. The molecule has 1 aliphatic carbocycles. The molecule has 2 rings (SSSR count). The lowest BCUT2D eigenvalue weighted by Crippen LogP contribution is -2.55. The summed E-state index contributed by atoms with van der Waals surface area (Å²) in [5.74, 6) is 4.33. The fraction of sp³-hybridized carbons (Fsp3) is 0.704. The zero-order valence-electron chi connectivity index (χ0n) is 21.2. The fourth-order valence-electron chi connectivity index (χ4n) is 4.21. The van der Waals surface area contributed by atoms with E-state index < -0.39 is 0 Å². The first kappa shape index (κ1) is 28.0. The number of benzene rings is 1. The number of ether oxygens (including phenoxy) is 1. The van der Waals surface area contributed by atoms with E-state index in [2.05, 4.69) is 47.0 Å². The molecular weight excluding hydrogens is 402 g/mol. The predicted molar refractivity (Wildman–Crippen MR) is 137 cm³/mol. The Morgan fingerprint density at radius 1 is 1.16 bits per heavy atom. The Balaban J connectivity index is 0.00000480. The third-order valence-electron chi connectivity index (χ3n) is 6.58. The molecule has 4 heteroatoms. The number of carbonyl (C=O) groups excluding carboxylic acids is 1. The number of hydrogen-bond acceptors (Lipinski definition) is 3. The average molecular weight is 450 g/mol. The normalized spacial score (nSPS) is 16.1. The fourth-order valence-corrected chi connectivity index (χ4v) is 5.83. The van der Waals surface area contributed by atoms with Crippen LogP contribution in [0.4, 0.5) is 0 Å². The minimum atomic E-state index is 0. The lowest BCUT2D eigenvalue weighted by molar-refractivity contribution is -0.904. The number of thioether (sulfide) groups is 1. The minimum absolute atomic E-state index is 0. The van der Waals surface area contributed by atoms with Crippen molar-refractivity contribution in [2.75, 3.05) is 39.3 Å². The van der Waals surface area contributed by atoms with Gasteiger partial charge in [-0.15, -0.1) is 0 Å². The smallest absolute Gasteiger partial charge is 0.191 e. The summed E-state index contributed by atoms with van der Waals surface area (Å²) < 4.78 is 6.05. The SMILES string of the molecule is COc1ccc(CCC(=O)[C@H](CSCC2CCCC2)[N+](C)(C)CCC(C)(C)C)cc1.[CH3-]. The van der Waals surface area contributed by atoms with E-state index in [0.717, 1.165) is 41.3 Å². The number of hydrogen-bond donors (Lipinski definition) is 0. The van der Waals surface area contributed by atoms with Crippen LogP contribution in [0.5, 0.6) is 5.75 Å². The topological polar surface area (TPSA) is 26.3 Å². The maximum atomic E-state index is 13.4. The van der Waals surface area contributed by atoms with Gasteiger partial charge in [-0.3, -0.25) is 4.79 Å². The van der Waals surface area contributed by atoms with Gasteiger partial charge >= 0.3 is 0 Å². The zero-order chi connectivity index (χ0) is 22.2. The van der Waals surface area contributed by atoms with Crippen LogP contribution in [-0.2, 0) is 11.2 Å². The van der Waals surface area contributed by atoms with Gasteiger partial charge in [0.2, 0.25) is 0 Å². The van der Waals surface area contributed by atoms with Crippen LogP contribution in [0.1, 0.15) is 64.9 Å². The minimum Gasteiger partial charge on any atom is -0.497 e. The first-order valence-electron chi connectivity index (χ1n) is 11.7. The Labute approximate surface area is 196 Å². The summed E-state index contributed by atoms with van der Waals surface area (Å²) in [6, 6.07) is 8.21. The summed E-state index contributed by atoms with van der Waals surface area (Å²) in [5, 5.41) is 0. The number of nitrogens with zero attached hydrogens (tertiary/aromatic N) is 1. The summed E-state index contributed by atoms with van der Waals surface area (Å²) in [7, 11) is 6.21. The second-order valence-electron chi connectivity index (χ2n) is 10.8.